The van der Waals surface area contributed by atoms with Gasteiger partial charge in [-0.05, 0) is 31.2 Å². The lowest BCUT2D eigenvalue weighted by Gasteiger charge is -2.14. The normalized spacial score (nSPS) is 10.5. The number of nitrogens with zero attached hydrogens (tertiary/aromatic N) is 2. The van der Waals surface area contributed by atoms with Crippen LogP contribution in [-0.4, -0.2) is 22.1 Å². The lowest BCUT2D eigenvalue weighted by molar-refractivity contribution is -0.122. The van der Waals surface area contributed by atoms with Crippen LogP contribution in [0.3, 0.4) is 0 Å². The van der Waals surface area contributed by atoms with E-state index in [1.807, 2.05) is 0 Å². The first-order valence-electron chi connectivity index (χ1n) is 8.02. The van der Waals surface area contributed by atoms with Crippen molar-refractivity contribution in [3.05, 3.63) is 64.7 Å². The number of hydrogen-bond acceptors (Lipinski definition) is 5. The maximum atomic E-state index is 13.5. The van der Waals surface area contributed by atoms with Gasteiger partial charge >= 0.3 is 0 Å². The standard InChI is InChI=1S/C18H17FN4O3/c1-2-23-17(25)12-7-3-5-9-14(12)20-18(23)22-21-16(24)11-26-15-10-6-4-8-13(15)19/h3-10H,2,11H2,1H3,(H,20,22)(H,21,24). The Morgan fingerprint density at radius 2 is 1.92 bits per heavy atom. The van der Waals surface area contributed by atoms with Crippen LogP contribution in [0.4, 0.5) is 10.3 Å². The van der Waals surface area contributed by atoms with E-state index in [-0.39, 0.29) is 17.3 Å². The molecule has 3 rings (SSSR count). The smallest absolute Gasteiger partial charge is 0.276 e. The van der Waals surface area contributed by atoms with Crippen LogP contribution in [-0.2, 0) is 11.3 Å². The molecule has 0 spiro atoms. The summed E-state index contributed by atoms with van der Waals surface area (Å²) >= 11 is 0. The van der Waals surface area contributed by atoms with Gasteiger partial charge in [0, 0.05) is 6.54 Å². The first kappa shape index (κ1) is 17.4. The summed E-state index contributed by atoms with van der Waals surface area (Å²) in [5, 5.41) is 0.495. The fourth-order valence-electron chi connectivity index (χ4n) is 2.42. The summed E-state index contributed by atoms with van der Waals surface area (Å²) in [6.45, 7) is 1.78. The lowest BCUT2D eigenvalue weighted by Crippen LogP contribution is -2.37. The number of aromatic nitrogens is 2. The molecular weight excluding hydrogens is 339 g/mol. The maximum absolute atomic E-state index is 13.5. The van der Waals surface area contributed by atoms with Gasteiger partial charge in [-0.25, -0.2) is 9.37 Å². The molecule has 0 fully saturated rings. The van der Waals surface area contributed by atoms with E-state index in [2.05, 4.69) is 15.8 Å². The van der Waals surface area contributed by atoms with Crippen LogP contribution in [0.2, 0.25) is 0 Å². The number of carbonyl (C=O) groups excluding carboxylic acids is 1. The monoisotopic (exact) mass is 356 g/mol. The molecule has 26 heavy (non-hydrogen) atoms. The molecule has 2 N–H and O–H groups in total. The Bertz CT molecular complexity index is 1000. The van der Waals surface area contributed by atoms with Crippen molar-refractivity contribution in [2.45, 2.75) is 13.5 Å². The predicted molar refractivity (Wildman–Crippen MR) is 95.3 cm³/mol. The quantitative estimate of drug-likeness (QED) is 0.661. The average Bonchev–Trinajstić information content (AvgIpc) is 2.66. The number of halogens is 1. The first-order chi connectivity index (χ1) is 12.6. The van der Waals surface area contributed by atoms with Crippen molar-refractivity contribution in [3.8, 4) is 5.75 Å². The molecule has 0 radical (unpaired) electrons. The van der Waals surface area contributed by atoms with Crippen molar-refractivity contribution >= 4 is 22.8 Å². The highest BCUT2D eigenvalue weighted by atomic mass is 19.1. The summed E-state index contributed by atoms with van der Waals surface area (Å²) in [7, 11) is 0. The van der Waals surface area contributed by atoms with Gasteiger partial charge in [0.15, 0.2) is 18.2 Å². The number of hydrazine groups is 1. The van der Waals surface area contributed by atoms with Crippen LogP contribution < -0.4 is 21.1 Å². The molecular formula is C18H17FN4O3. The highest BCUT2D eigenvalue weighted by Crippen LogP contribution is 2.15. The van der Waals surface area contributed by atoms with E-state index in [4.69, 9.17) is 4.74 Å². The summed E-state index contributed by atoms with van der Waals surface area (Å²) in [4.78, 5) is 28.7. The van der Waals surface area contributed by atoms with Gasteiger partial charge in [0.25, 0.3) is 11.5 Å². The Labute approximate surface area is 148 Å². The van der Waals surface area contributed by atoms with E-state index in [9.17, 15) is 14.0 Å². The highest BCUT2D eigenvalue weighted by Gasteiger charge is 2.11. The van der Waals surface area contributed by atoms with Crippen LogP contribution in [0.1, 0.15) is 6.92 Å². The predicted octanol–water partition coefficient (Wildman–Crippen LogP) is 2.08. The maximum Gasteiger partial charge on any atom is 0.276 e. The van der Waals surface area contributed by atoms with E-state index in [1.165, 1.54) is 22.8 Å². The number of para-hydroxylation sites is 2. The molecule has 0 aliphatic heterocycles. The zero-order valence-electron chi connectivity index (χ0n) is 14.0. The van der Waals surface area contributed by atoms with E-state index in [0.717, 1.165) is 0 Å². The number of amides is 1. The highest BCUT2D eigenvalue weighted by molar-refractivity contribution is 5.80. The minimum Gasteiger partial charge on any atom is -0.481 e. The number of anilines is 1. The molecule has 7 nitrogen and oxygen atoms in total. The third-order valence-electron chi connectivity index (χ3n) is 3.69. The summed E-state index contributed by atoms with van der Waals surface area (Å²) < 4.78 is 20.0. The third kappa shape index (κ3) is 3.64. The molecule has 1 aromatic heterocycles. The largest absolute Gasteiger partial charge is 0.481 e. The Hall–Kier alpha value is -3.42. The van der Waals surface area contributed by atoms with E-state index in [0.29, 0.717) is 17.4 Å². The summed E-state index contributed by atoms with van der Waals surface area (Å²) in [5.74, 6) is -0.907. The number of carbonyl (C=O) groups is 1. The Morgan fingerprint density at radius 1 is 1.19 bits per heavy atom. The van der Waals surface area contributed by atoms with Gasteiger partial charge < -0.3 is 4.74 Å². The van der Waals surface area contributed by atoms with E-state index in [1.54, 1.807) is 37.3 Å². The Kier molecular flexibility index (Phi) is 5.12. The fourth-order valence-corrected chi connectivity index (χ4v) is 2.42. The average molecular weight is 356 g/mol. The topological polar surface area (TPSA) is 85.2 Å². The summed E-state index contributed by atoms with van der Waals surface area (Å²) in [6, 6.07) is 12.7. The number of benzene rings is 2. The molecule has 134 valence electrons. The van der Waals surface area contributed by atoms with Crippen molar-refractivity contribution in [2.75, 3.05) is 12.0 Å². The molecule has 0 aliphatic carbocycles. The van der Waals surface area contributed by atoms with Crippen molar-refractivity contribution < 1.29 is 13.9 Å². The molecule has 3 aromatic rings. The minimum atomic E-state index is -0.552. The number of hydrogen-bond donors (Lipinski definition) is 2. The van der Waals surface area contributed by atoms with Crippen molar-refractivity contribution in [1.82, 2.24) is 15.0 Å². The molecule has 0 saturated heterocycles. The van der Waals surface area contributed by atoms with Gasteiger partial charge in [-0.2, -0.15) is 0 Å². The second-order valence-electron chi connectivity index (χ2n) is 5.39. The van der Waals surface area contributed by atoms with Crippen LogP contribution in [0, 0.1) is 5.82 Å². The summed E-state index contributed by atoms with van der Waals surface area (Å²) in [5.41, 5.74) is 5.33. The minimum absolute atomic E-state index is 0.0167. The van der Waals surface area contributed by atoms with Crippen molar-refractivity contribution in [3.63, 3.8) is 0 Å². The number of rotatable bonds is 6. The third-order valence-corrected chi connectivity index (χ3v) is 3.69. The van der Waals surface area contributed by atoms with Crippen molar-refractivity contribution in [1.29, 1.82) is 0 Å². The van der Waals surface area contributed by atoms with Gasteiger partial charge in [0.2, 0.25) is 5.95 Å². The SMILES string of the molecule is CCn1c(NNC(=O)COc2ccccc2F)nc2ccccc2c1=O. The molecule has 2 aromatic carbocycles. The molecule has 0 aliphatic rings. The van der Waals surface area contributed by atoms with Gasteiger partial charge in [-0.1, -0.05) is 24.3 Å². The molecule has 0 bridgehead atoms. The van der Waals surface area contributed by atoms with E-state index < -0.39 is 18.3 Å². The molecule has 0 atom stereocenters. The Balaban J connectivity index is 1.70. The van der Waals surface area contributed by atoms with Gasteiger partial charge in [-0.3, -0.25) is 25.0 Å². The van der Waals surface area contributed by atoms with Crippen LogP contribution in [0.5, 0.6) is 5.75 Å². The van der Waals surface area contributed by atoms with Gasteiger partial charge in [-0.15, -0.1) is 0 Å². The van der Waals surface area contributed by atoms with Crippen LogP contribution >= 0.6 is 0 Å². The van der Waals surface area contributed by atoms with Crippen molar-refractivity contribution in [2.24, 2.45) is 0 Å². The second-order valence-corrected chi connectivity index (χ2v) is 5.39. The first-order valence-corrected chi connectivity index (χ1v) is 8.02. The zero-order chi connectivity index (χ0) is 18.5. The number of nitrogens with one attached hydrogen (secondary N) is 2. The number of ether oxygens (including phenoxy) is 1. The molecule has 1 heterocycles. The van der Waals surface area contributed by atoms with Crippen LogP contribution in [0.25, 0.3) is 10.9 Å². The number of fused-ring (bicyclic) bond motifs is 1. The van der Waals surface area contributed by atoms with Crippen LogP contribution in [0.15, 0.2) is 53.3 Å². The molecule has 8 heteroatoms. The van der Waals surface area contributed by atoms with Gasteiger partial charge in [0.1, 0.15) is 0 Å². The lowest BCUT2D eigenvalue weighted by atomic mass is 10.2. The summed E-state index contributed by atoms with van der Waals surface area (Å²) in [6.07, 6.45) is 0. The molecule has 0 unspecified atom stereocenters. The zero-order valence-corrected chi connectivity index (χ0v) is 14.0. The molecule has 0 saturated carbocycles. The van der Waals surface area contributed by atoms with Gasteiger partial charge in [0.05, 0.1) is 10.9 Å². The Morgan fingerprint density at radius 3 is 2.69 bits per heavy atom. The second kappa shape index (κ2) is 7.64. The van der Waals surface area contributed by atoms with E-state index >= 15 is 0 Å². The fraction of sp³-hybridized carbons (Fsp3) is 0.167. The molecule has 1 amide bonds.